The molecule has 126 valence electrons. The summed E-state index contributed by atoms with van der Waals surface area (Å²) in [6.07, 6.45) is -0.000749. The van der Waals surface area contributed by atoms with Crippen molar-refractivity contribution in [2.24, 2.45) is 0 Å². The molecule has 1 N–H and O–H groups in total. The Labute approximate surface area is 139 Å². The number of aromatic nitrogens is 2. The van der Waals surface area contributed by atoms with Gasteiger partial charge in [-0.2, -0.15) is 5.10 Å². The molecule has 0 radical (unpaired) electrons. The molecule has 0 aliphatic carbocycles. The number of para-hydroxylation sites is 1. The Kier molecular flexibility index (Phi) is 4.50. The summed E-state index contributed by atoms with van der Waals surface area (Å²) >= 11 is 0. The molecule has 0 saturated carbocycles. The summed E-state index contributed by atoms with van der Waals surface area (Å²) in [5, 5.41) is 7.64. The standard InChI is InChI=1S/C17H19N3O4/c1-3-12-13(4-2)19-20(11-8-6-5-7-9-11)16(12)18-17-23-14(21)10-15(22)24-17/h5-9,17-18H,3-4,10H2,1-2H3. The second kappa shape index (κ2) is 6.74. The van der Waals surface area contributed by atoms with Gasteiger partial charge in [0.15, 0.2) is 0 Å². The number of cyclic esters (lactones) is 2. The van der Waals surface area contributed by atoms with Crippen LogP contribution >= 0.6 is 0 Å². The molecule has 1 aromatic carbocycles. The predicted molar refractivity (Wildman–Crippen MR) is 86.5 cm³/mol. The van der Waals surface area contributed by atoms with E-state index in [0.29, 0.717) is 5.82 Å². The fourth-order valence-electron chi connectivity index (χ4n) is 2.69. The maximum Gasteiger partial charge on any atom is 0.330 e. The van der Waals surface area contributed by atoms with Gasteiger partial charge in [0.25, 0.3) is 0 Å². The minimum Gasteiger partial charge on any atom is -0.406 e. The molecule has 0 amide bonds. The fraction of sp³-hybridized carbons (Fsp3) is 0.353. The number of ether oxygens (including phenoxy) is 2. The highest BCUT2D eigenvalue weighted by Crippen LogP contribution is 2.26. The molecule has 0 atom stereocenters. The first-order chi connectivity index (χ1) is 11.6. The molecular weight excluding hydrogens is 310 g/mol. The van der Waals surface area contributed by atoms with Gasteiger partial charge >= 0.3 is 18.4 Å². The highest BCUT2D eigenvalue weighted by atomic mass is 16.7. The van der Waals surface area contributed by atoms with Gasteiger partial charge in [0.1, 0.15) is 12.2 Å². The van der Waals surface area contributed by atoms with Crippen LogP contribution in [0.4, 0.5) is 5.82 Å². The van der Waals surface area contributed by atoms with Crippen LogP contribution in [0, 0.1) is 0 Å². The van der Waals surface area contributed by atoms with E-state index in [-0.39, 0.29) is 6.42 Å². The lowest BCUT2D eigenvalue weighted by atomic mass is 10.1. The van der Waals surface area contributed by atoms with Gasteiger partial charge in [-0.25, -0.2) is 4.68 Å². The largest absolute Gasteiger partial charge is 0.406 e. The molecule has 0 unspecified atom stereocenters. The Hall–Kier alpha value is -2.83. The van der Waals surface area contributed by atoms with Crippen molar-refractivity contribution in [2.45, 2.75) is 39.5 Å². The number of rotatable bonds is 5. The zero-order chi connectivity index (χ0) is 17.1. The van der Waals surface area contributed by atoms with Crippen molar-refractivity contribution < 1.29 is 19.1 Å². The molecule has 1 aromatic heterocycles. The van der Waals surface area contributed by atoms with Crippen LogP contribution in [0.5, 0.6) is 0 Å². The van der Waals surface area contributed by atoms with Crippen molar-refractivity contribution >= 4 is 17.8 Å². The van der Waals surface area contributed by atoms with E-state index in [9.17, 15) is 9.59 Å². The van der Waals surface area contributed by atoms with Gasteiger partial charge in [-0.1, -0.05) is 32.0 Å². The van der Waals surface area contributed by atoms with Crippen molar-refractivity contribution in [3.05, 3.63) is 41.6 Å². The molecule has 1 fully saturated rings. The molecule has 1 aliphatic rings. The minimum atomic E-state index is -1.15. The maximum atomic E-state index is 11.5. The van der Waals surface area contributed by atoms with E-state index in [1.54, 1.807) is 4.68 Å². The van der Waals surface area contributed by atoms with Crippen LogP contribution < -0.4 is 5.32 Å². The summed E-state index contributed by atoms with van der Waals surface area (Å²) in [6.45, 7) is 4.05. The highest BCUT2D eigenvalue weighted by Gasteiger charge is 2.30. The number of nitrogens with one attached hydrogen (secondary N) is 1. The van der Waals surface area contributed by atoms with Crippen LogP contribution in [-0.4, -0.2) is 28.1 Å². The summed E-state index contributed by atoms with van der Waals surface area (Å²) in [6, 6.07) is 9.61. The second-order valence-corrected chi connectivity index (χ2v) is 5.36. The first-order valence-corrected chi connectivity index (χ1v) is 7.94. The molecule has 0 bridgehead atoms. The first-order valence-electron chi connectivity index (χ1n) is 7.94. The van der Waals surface area contributed by atoms with Crippen LogP contribution in [0.15, 0.2) is 30.3 Å². The van der Waals surface area contributed by atoms with Crippen LogP contribution in [0.1, 0.15) is 31.5 Å². The Morgan fingerprint density at radius 3 is 2.38 bits per heavy atom. The van der Waals surface area contributed by atoms with Crippen molar-refractivity contribution in [2.75, 3.05) is 5.32 Å². The van der Waals surface area contributed by atoms with Gasteiger partial charge < -0.3 is 14.8 Å². The van der Waals surface area contributed by atoms with Gasteiger partial charge in [-0.3, -0.25) is 9.59 Å². The number of hydrogen-bond acceptors (Lipinski definition) is 6. The van der Waals surface area contributed by atoms with E-state index >= 15 is 0 Å². The topological polar surface area (TPSA) is 82.5 Å². The molecule has 0 spiro atoms. The van der Waals surface area contributed by atoms with Crippen molar-refractivity contribution in [1.82, 2.24) is 9.78 Å². The van der Waals surface area contributed by atoms with Crippen molar-refractivity contribution in [1.29, 1.82) is 0 Å². The maximum absolute atomic E-state index is 11.5. The minimum absolute atomic E-state index is 0.364. The third kappa shape index (κ3) is 3.10. The molecule has 7 nitrogen and oxygen atoms in total. The van der Waals surface area contributed by atoms with E-state index in [4.69, 9.17) is 9.47 Å². The smallest absolute Gasteiger partial charge is 0.330 e. The first kappa shape index (κ1) is 16.0. The Balaban J connectivity index is 2.00. The number of aryl methyl sites for hydroxylation is 1. The van der Waals surface area contributed by atoms with Crippen LogP contribution in [0.3, 0.4) is 0 Å². The molecule has 2 aromatic rings. The average molecular weight is 329 g/mol. The summed E-state index contributed by atoms with van der Waals surface area (Å²) in [4.78, 5) is 22.9. The van der Waals surface area contributed by atoms with Gasteiger partial charge in [0, 0.05) is 5.56 Å². The lowest BCUT2D eigenvalue weighted by Crippen LogP contribution is -2.38. The Morgan fingerprint density at radius 1 is 1.12 bits per heavy atom. The number of nitrogens with zero attached hydrogens (tertiary/aromatic N) is 2. The molecule has 2 heterocycles. The molecule has 7 heteroatoms. The molecule has 24 heavy (non-hydrogen) atoms. The highest BCUT2D eigenvalue weighted by molar-refractivity contribution is 5.92. The zero-order valence-corrected chi connectivity index (χ0v) is 13.6. The number of hydrogen-bond donors (Lipinski definition) is 1. The molecular formula is C17H19N3O4. The van der Waals surface area contributed by atoms with Crippen LogP contribution in [0.25, 0.3) is 5.69 Å². The van der Waals surface area contributed by atoms with Gasteiger partial charge in [0.2, 0.25) is 0 Å². The van der Waals surface area contributed by atoms with Gasteiger partial charge in [-0.05, 0) is 25.0 Å². The van der Waals surface area contributed by atoms with E-state index in [0.717, 1.165) is 29.8 Å². The SMILES string of the molecule is CCc1nn(-c2ccccc2)c(NC2OC(=O)CC(=O)O2)c1CC. The number of carbonyl (C=O) groups is 2. The molecule has 3 rings (SSSR count). The number of carbonyl (C=O) groups excluding carboxylic acids is 2. The van der Waals surface area contributed by atoms with Gasteiger partial charge in [-0.15, -0.1) is 0 Å². The fourth-order valence-corrected chi connectivity index (χ4v) is 2.69. The number of benzene rings is 1. The summed E-state index contributed by atoms with van der Waals surface area (Å²) in [5.74, 6) is -0.556. The third-order valence-electron chi connectivity index (χ3n) is 3.78. The normalized spacial score (nSPS) is 15.1. The van der Waals surface area contributed by atoms with Crippen LogP contribution in [-0.2, 0) is 31.9 Å². The second-order valence-electron chi connectivity index (χ2n) is 5.36. The monoisotopic (exact) mass is 329 g/mol. The predicted octanol–water partition coefficient (Wildman–Crippen LogP) is 2.18. The van der Waals surface area contributed by atoms with Crippen molar-refractivity contribution in [3.8, 4) is 5.69 Å². The quantitative estimate of drug-likeness (QED) is 0.669. The third-order valence-corrected chi connectivity index (χ3v) is 3.78. The Morgan fingerprint density at radius 2 is 1.79 bits per heavy atom. The van der Waals surface area contributed by atoms with E-state index in [2.05, 4.69) is 10.4 Å². The zero-order valence-electron chi connectivity index (χ0n) is 13.6. The Bertz CT molecular complexity index is 739. The van der Waals surface area contributed by atoms with Gasteiger partial charge in [0.05, 0.1) is 11.4 Å². The summed E-state index contributed by atoms with van der Waals surface area (Å²) in [5.41, 5.74) is 2.80. The number of anilines is 1. The van der Waals surface area contributed by atoms with E-state index in [1.165, 1.54) is 0 Å². The number of esters is 2. The lowest BCUT2D eigenvalue weighted by molar-refractivity contribution is -0.197. The summed E-state index contributed by atoms with van der Waals surface area (Å²) in [7, 11) is 0. The molecule has 1 aliphatic heterocycles. The average Bonchev–Trinajstić information content (AvgIpc) is 2.92. The molecule has 1 saturated heterocycles. The van der Waals surface area contributed by atoms with Crippen molar-refractivity contribution in [3.63, 3.8) is 0 Å². The van der Waals surface area contributed by atoms with E-state index < -0.39 is 18.4 Å². The van der Waals surface area contributed by atoms with Crippen LogP contribution in [0.2, 0.25) is 0 Å². The van der Waals surface area contributed by atoms with E-state index in [1.807, 2.05) is 44.2 Å². The summed E-state index contributed by atoms with van der Waals surface area (Å²) < 4.78 is 11.9. The lowest BCUT2D eigenvalue weighted by Gasteiger charge is -2.24.